The number of pyridine rings is 1. The lowest BCUT2D eigenvalue weighted by Gasteiger charge is -2.31. The third-order valence-corrected chi connectivity index (χ3v) is 3.10. The van der Waals surface area contributed by atoms with E-state index in [9.17, 15) is 0 Å². The van der Waals surface area contributed by atoms with Gasteiger partial charge in [0.25, 0.3) is 0 Å². The summed E-state index contributed by atoms with van der Waals surface area (Å²) in [7, 11) is 0. The summed E-state index contributed by atoms with van der Waals surface area (Å²) in [5.41, 5.74) is 4.33. The maximum atomic E-state index is 5.90. The van der Waals surface area contributed by atoms with Gasteiger partial charge < -0.3 is 14.9 Å². The lowest BCUT2D eigenvalue weighted by Crippen LogP contribution is -2.34. The Morgan fingerprint density at radius 2 is 2.17 bits per heavy atom. The van der Waals surface area contributed by atoms with Gasteiger partial charge in [-0.3, -0.25) is 10.8 Å². The van der Waals surface area contributed by atoms with Crippen molar-refractivity contribution in [2.75, 3.05) is 5.43 Å². The van der Waals surface area contributed by atoms with Crippen LogP contribution in [0.15, 0.2) is 18.3 Å². The van der Waals surface area contributed by atoms with E-state index >= 15 is 0 Å². The molecule has 0 aliphatic carbocycles. The number of anilines is 1. The van der Waals surface area contributed by atoms with Crippen LogP contribution in [0, 0.1) is 0 Å². The minimum atomic E-state index is 0.250. The van der Waals surface area contributed by atoms with E-state index in [4.69, 9.17) is 15.3 Å². The number of aromatic nitrogens is 1. The van der Waals surface area contributed by atoms with Crippen LogP contribution in [0.3, 0.4) is 0 Å². The van der Waals surface area contributed by atoms with Crippen LogP contribution in [-0.2, 0) is 16.1 Å². The molecule has 0 bridgehead atoms. The molecule has 2 atom stereocenters. The van der Waals surface area contributed by atoms with Gasteiger partial charge in [0.05, 0.1) is 36.3 Å². The molecule has 1 aromatic heterocycles. The van der Waals surface area contributed by atoms with Gasteiger partial charge in [0.1, 0.15) is 0 Å². The number of nitrogens with zero attached hydrogens (tertiary/aromatic N) is 1. The molecule has 0 saturated carbocycles. The highest BCUT2D eigenvalue weighted by Crippen LogP contribution is 2.22. The zero-order valence-corrected chi connectivity index (χ0v) is 10.9. The monoisotopic (exact) mass is 251 g/mol. The molecule has 100 valence electrons. The molecule has 0 amide bonds. The van der Waals surface area contributed by atoms with Gasteiger partial charge in [0.15, 0.2) is 0 Å². The molecule has 1 aliphatic rings. The van der Waals surface area contributed by atoms with Crippen LogP contribution in [0.1, 0.15) is 32.4 Å². The highest BCUT2D eigenvalue weighted by atomic mass is 16.5. The van der Waals surface area contributed by atoms with Gasteiger partial charge in [-0.25, -0.2) is 0 Å². The Hall–Kier alpha value is -1.17. The van der Waals surface area contributed by atoms with Crippen LogP contribution in [0.2, 0.25) is 0 Å². The first-order valence-electron chi connectivity index (χ1n) is 6.36. The molecule has 0 aromatic carbocycles. The van der Waals surface area contributed by atoms with Crippen molar-refractivity contribution in [3.8, 4) is 0 Å². The first kappa shape index (κ1) is 13.3. The quantitative estimate of drug-likeness (QED) is 0.631. The molecule has 1 saturated heterocycles. The Morgan fingerprint density at radius 3 is 2.83 bits per heavy atom. The first-order chi connectivity index (χ1) is 8.67. The van der Waals surface area contributed by atoms with E-state index in [1.54, 1.807) is 6.20 Å². The Kier molecular flexibility index (Phi) is 4.52. The average molecular weight is 251 g/mol. The largest absolute Gasteiger partial charge is 0.375 e. The van der Waals surface area contributed by atoms with E-state index in [2.05, 4.69) is 24.3 Å². The highest BCUT2D eigenvalue weighted by molar-refractivity contribution is 5.41. The first-order valence-corrected chi connectivity index (χ1v) is 6.36. The van der Waals surface area contributed by atoms with Crippen LogP contribution >= 0.6 is 0 Å². The number of nitrogen functional groups attached to an aromatic ring is 1. The summed E-state index contributed by atoms with van der Waals surface area (Å²) in [5.74, 6) is 5.36. The zero-order valence-electron chi connectivity index (χ0n) is 10.9. The van der Waals surface area contributed by atoms with Crippen molar-refractivity contribution < 1.29 is 9.47 Å². The predicted octanol–water partition coefficient (Wildman–Crippen LogP) is 1.84. The van der Waals surface area contributed by atoms with Crippen molar-refractivity contribution in [2.45, 2.75) is 51.6 Å². The molecule has 2 unspecified atom stereocenters. The van der Waals surface area contributed by atoms with Crippen LogP contribution in [0.25, 0.3) is 0 Å². The van der Waals surface area contributed by atoms with E-state index in [-0.39, 0.29) is 18.3 Å². The highest BCUT2D eigenvalue weighted by Gasteiger charge is 2.24. The summed E-state index contributed by atoms with van der Waals surface area (Å²) >= 11 is 0. The molecule has 5 heteroatoms. The molecule has 0 radical (unpaired) electrons. The number of hydrazine groups is 1. The van der Waals surface area contributed by atoms with Crippen molar-refractivity contribution in [1.29, 1.82) is 0 Å². The van der Waals surface area contributed by atoms with E-state index in [1.165, 1.54) is 0 Å². The average Bonchev–Trinajstić information content (AvgIpc) is 2.35. The summed E-state index contributed by atoms with van der Waals surface area (Å²) in [5, 5.41) is 0. The Morgan fingerprint density at radius 1 is 1.44 bits per heavy atom. The number of nitrogens with two attached hydrogens (primary N) is 1. The Balaban J connectivity index is 1.86. The van der Waals surface area contributed by atoms with Gasteiger partial charge >= 0.3 is 0 Å². The summed E-state index contributed by atoms with van der Waals surface area (Å²) in [4.78, 5) is 4.26. The molecule has 0 spiro atoms. The van der Waals surface area contributed by atoms with Crippen molar-refractivity contribution in [3.63, 3.8) is 0 Å². The number of nitrogens with one attached hydrogen (secondary N) is 1. The second-order valence-corrected chi connectivity index (χ2v) is 4.84. The third-order valence-electron chi connectivity index (χ3n) is 3.10. The fourth-order valence-corrected chi connectivity index (χ4v) is 2.33. The second kappa shape index (κ2) is 6.13. The van der Waals surface area contributed by atoms with Gasteiger partial charge in [-0.05, 0) is 38.8 Å². The molecule has 5 nitrogen and oxygen atoms in total. The summed E-state index contributed by atoms with van der Waals surface area (Å²) in [6.07, 6.45) is 4.40. The Bertz CT molecular complexity index is 376. The molecule has 2 heterocycles. The molecular formula is C13H21N3O2. The van der Waals surface area contributed by atoms with Crippen molar-refractivity contribution in [2.24, 2.45) is 5.84 Å². The van der Waals surface area contributed by atoms with E-state index in [1.807, 2.05) is 12.1 Å². The van der Waals surface area contributed by atoms with Crippen LogP contribution < -0.4 is 11.3 Å². The number of rotatable bonds is 4. The maximum absolute atomic E-state index is 5.90. The van der Waals surface area contributed by atoms with Gasteiger partial charge in [-0.15, -0.1) is 0 Å². The summed E-state index contributed by atoms with van der Waals surface area (Å²) in [6, 6.07) is 3.72. The molecule has 3 N–H and O–H groups in total. The lowest BCUT2D eigenvalue weighted by molar-refractivity contribution is -0.106. The van der Waals surface area contributed by atoms with Gasteiger partial charge in [-0.2, -0.15) is 0 Å². The summed E-state index contributed by atoms with van der Waals surface area (Å²) < 4.78 is 11.6. The van der Waals surface area contributed by atoms with Crippen molar-refractivity contribution in [1.82, 2.24) is 4.98 Å². The minimum Gasteiger partial charge on any atom is -0.375 e. The fourth-order valence-electron chi connectivity index (χ4n) is 2.33. The molecule has 1 aliphatic heterocycles. The molecule has 1 aromatic rings. The van der Waals surface area contributed by atoms with Gasteiger partial charge in [0, 0.05) is 6.20 Å². The predicted molar refractivity (Wildman–Crippen MR) is 69.9 cm³/mol. The third kappa shape index (κ3) is 3.66. The number of hydrogen-bond acceptors (Lipinski definition) is 5. The molecular weight excluding hydrogens is 230 g/mol. The standard InChI is InChI=1S/C13H21N3O2/c1-9-5-13(6-10(2)18-9)17-8-12-7-11(16-14)3-4-15-12/h3-4,7,9-10,13H,5-6,8,14H2,1-2H3,(H,15,16). The number of hydrogen-bond donors (Lipinski definition) is 2. The zero-order chi connectivity index (χ0) is 13.0. The lowest BCUT2D eigenvalue weighted by atomic mass is 10.0. The van der Waals surface area contributed by atoms with Gasteiger partial charge in [0.2, 0.25) is 0 Å². The Labute approximate surface area is 108 Å². The van der Waals surface area contributed by atoms with Crippen molar-refractivity contribution >= 4 is 5.69 Å². The van der Waals surface area contributed by atoms with E-state index in [0.717, 1.165) is 24.2 Å². The smallest absolute Gasteiger partial charge is 0.0892 e. The SMILES string of the molecule is CC1CC(OCc2cc(NN)ccn2)CC(C)O1. The van der Waals surface area contributed by atoms with Crippen LogP contribution in [0.4, 0.5) is 5.69 Å². The van der Waals surface area contributed by atoms with Crippen LogP contribution in [-0.4, -0.2) is 23.3 Å². The van der Waals surface area contributed by atoms with Gasteiger partial charge in [-0.1, -0.05) is 0 Å². The second-order valence-electron chi connectivity index (χ2n) is 4.84. The molecule has 1 fully saturated rings. The fraction of sp³-hybridized carbons (Fsp3) is 0.615. The molecule has 18 heavy (non-hydrogen) atoms. The minimum absolute atomic E-state index is 0.250. The summed E-state index contributed by atoms with van der Waals surface area (Å²) in [6.45, 7) is 4.69. The topological polar surface area (TPSA) is 69.4 Å². The van der Waals surface area contributed by atoms with E-state index in [0.29, 0.717) is 6.61 Å². The van der Waals surface area contributed by atoms with Crippen molar-refractivity contribution in [3.05, 3.63) is 24.0 Å². The van der Waals surface area contributed by atoms with Crippen LogP contribution in [0.5, 0.6) is 0 Å². The maximum Gasteiger partial charge on any atom is 0.0892 e. The van der Waals surface area contributed by atoms with E-state index < -0.39 is 0 Å². The number of ether oxygens (including phenoxy) is 2. The normalized spacial score (nSPS) is 28.1. The molecule has 2 rings (SSSR count).